The molecule has 11 rings (SSSR count). The molecule has 0 saturated carbocycles. The van der Waals surface area contributed by atoms with Crippen LogP contribution in [0.3, 0.4) is 0 Å². The average molecular weight is 667 g/mol. The molecule has 1 aliphatic heterocycles. The molecule has 0 amide bonds. The van der Waals surface area contributed by atoms with Crippen LogP contribution < -0.4 is 10.2 Å². The van der Waals surface area contributed by atoms with Crippen molar-refractivity contribution >= 4 is 60.1 Å². The van der Waals surface area contributed by atoms with Crippen molar-refractivity contribution in [3.63, 3.8) is 0 Å². The van der Waals surface area contributed by atoms with E-state index in [-0.39, 0.29) is 12.3 Å². The molecule has 8 aromatic carbocycles. The highest BCUT2D eigenvalue weighted by Crippen LogP contribution is 2.47. The number of benzene rings is 8. The van der Waals surface area contributed by atoms with E-state index >= 15 is 0 Å². The lowest BCUT2D eigenvalue weighted by atomic mass is 9.98. The second-order valence-electron chi connectivity index (χ2n) is 13.8. The monoisotopic (exact) mass is 666 g/mol. The molecule has 4 nitrogen and oxygen atoms in total. The summed E-state index contributed by atoms with van der Waals surface area (Å²) in [6, 6.07) is 68.2. The van der Waals surface area contributed by atoms with E-state index in [1.165, 1.54) is 71.2 Å². The number of anilines is 1. The van der Waals surface area contributed by atoms with Crippen molar-refractivity contribution in [2.24, 2.45) is 0 Å². The van der Waals surface area contributed by atoms with Crippen molar-refractivity contribution in [3.8, 4) is 11.4 Å². The third-order valence-corrected chi connectivity index (χ3v) is 11.0. The van der Waals surface area contributed by atoms with Gasteiger partial charge >= 0.3 is 0 Å². The van der Waals surface area contributed by atoms with E-state index in [2.05, 4.69) is 207 Å². The molecule has 0 spiro atoms. The van der Waals surface area contributed by atoms with E-state index in [1.54, 1.807) is 0 Å². The lowest BCUT2D eigenvalue weighted by Crippen LogP contribution is -2.57. The van der Waals surface area contributed by atoms with Gasteiger partial charge < -0.3 is 14.0 Å². The average Bonchev–Trinajstić information content (AvgIpc) is 3.73. The highest BCUT2D eigenvalue weighted by Gasteiger charge is 2.39. The predicted octanol–water partition coefficient (Wildman–Crippen LogP) is 11.8. The van der Waals surface area contributed by atoms with E-state index in [1.807, 2.05) is 0 Å². The first-order valence-corrected chi connectivity index (χ1v) is 18.0. The normalized spacial score (nSPS) is 16.0. The molecule has 10 aromatic rings. The fourth-order valence-corrected chi connectivity index (χ4v) is 8.74. The van der Waals surface area contributed by atoms with Crippen LogP contribution in [-0.4, -0.2) is 9.13 Å². The van der Waals surface area contributed by atoms with Crippen molar-refractivity contribution in [3.05, 3.63) is 199 Å². The quantitative estimate of drug-likeness (QED) is 0.198. The number of rotatable bonds is 5. The second kappa shape index (κ2) is 11.5. The highest BCUT2D eigenvalue weighted by atomic mass is 15.5. The molecular formula is C48H34N4. The zero-order valence-corrected chi connectivity index (χ0v) is 28.4. The van der Waals surface area contributed by atoms with Gasteiger partial charge in [-0.05, 0) is 70.4 Å². The summed E-state index contributed by atoms with van der Waals surface area (Å²) in [5, 5.41) is 11.5. The van der Waals surface area contributed by atoms with Crippen molar-refractivity contribution < 1.29 is 0 Å². The summed E-state index contributed by atoms with van der Waals surface area (Å²) >= 11 is 0. The second-order valence-corrected chi connectivity index (χ2v) is 13.8. The number of nitrogens with one attached hydrogen (secondary N) is 1. The molecule has 246 valence electrons. The molecule has 0 bridgehead atoms. The maximum Gasteiger partial charge on any atom is 0.109 e. The fraction of sp³-hybridized carbons (Fsp3) is 0.0417. The van der Waals surface area contributed by atoms with Crippen LogP contribution in [0.2, 0.25) is 0 Å². The number of para-hydroxylation sites is 3. The molecule has 3 heterocycles. The van der Waals surface area contributed by atoms with Crippen LogP contribution in [0.5, 0.6) is 0 Å². The van der Waals surface area contributed by atoms with Crippen LogP contribution in [0.1, 0.15) is 23.5 Å². The number of fused-ring (bicyclic) bond motifs is 10. The molecule has 0 aliphatic carbocycles. The minimum absolute atomic E-state index is 0.0815. The van der Waals surface area contributed by atoms with Crippen molar-refractivity contribution in [2.45, 2.75) is 12.3 Å². The first-order chi connectivity index (χ1) is 25.8. The highest BCUT2D eigenvalue weighted by molar-refractivity contribution is 6.36. The molecule has 1 N–H and O–H groups in total. The minimum atomic E-state index is 0.0815. The van der Waals surface area contributed by atoms with Gasteiger partial charge in [0.15, 0.2) is 0 Å². The Bertz CT molecular complexity index is 2880. The van der Waals surface area contributed by atoms with Gasteiger partial charge in [-0.3, -0.25) is 5.32 Å². The lowest BCUT2D eigenvalue weighted by molar-refractivity contribution is 0.276. The van der Waals surface area contributed by atoms with Gasteiger partial charge in [-0.15, -0.1) is 0 Å². The summed E-state index contributed by atoms with van der Waals surface area (Å²) in [7, 11) is 0. The molecule has 52 heavy (non-hydrogen) atoms. The largest absolute Gasteiger partial charge is 0.332 e. The Kier molecular flexibility index (Phi) is 6.42. The van der Waals surface area contributed by atoms with Crippen molar-refractivity contribution in [2.75, 3.05) is 4.90 Å². The Morgan fingerprint density at radius 3 is 1.17 bits per heavy atom. The smallest absolute Gasteiger partial charge is 0.109 e. The van der Waals surface area contributed by atoms with Gasteiger partial charge in [0.05, 0.1) is 22.1 Å². The van der Waals surface area contributed by atoms with Crippen LogP contribution >= 0.6 is 0 Å². The van der Waals surface area contributed by atoms with Gasteiger partial charge in [0.1, 0.15) is 12.3 Å². The van der Waals surface area contributed by atoms with Crippen LogP contribution in [0.25, 0.3) is 65.8 Å². The Morgan fingerprint density at radius 2 is 0.692 bits per heavy atom. The lowest BCUT2D eigenvalue weighted by Gasteiger charge is -2.51. The minimum Gasteiger partial charge on any atom is -0.332 e. The summed E-state index contributed by atoms with van der Waals surface area (Å²) in [4.78, 5) is 2.50. The van der Waals surface area contributed by atoms with Gasteiger partial charge in [0, 0.05) is 38.6 Å². The maximum absolute atomic E-state index is 3.84. The van der Waals surface area contributed by atoms with Crippen molar-refractivity contribution in [1.29, 1.82) is 0 Å². The molecule has 0 radical (unpaired) electrons. The summed E-state index contributed by atoms with van der Waals surface area (Å²) < 4.78 is 4.98. The third kappa shape index (κ3) is 4.19. The zero-order chi connectivity index (χ0) is 34.2. The van der Waals surface area contributed by atoms with E-state index in [0.29, 0.717) is 0 Å². The fourth-order valence-electron chi connectivity index (χ4n) is 8.74. The van der Waals surface area contributed by atoms with Gasteiger partial charge in [0.2, 0.25) is 0 Å². The number of nitrogens with zero attached hydrogens (tertiary/aromatic N) is 3. The molecular weight excluding hydrogens is 633 g/mol. The summed E-state index contributed by atoms with van der Waals surface area (Å²) in [5.74, 6) is 0. The van der Waals surface area contributed by atoms with E-state index in [4.69, 9.17) is 0 Å². The van der Waals surface area contributed by atoms with Crippen LogP contribution in [0.4, 0.5) is 5.69 Å². The SMILES string of the molecule is c1ccc(C2NC(c3ccccc3)N2c2ccc(-n3c4ccccc4c4c5ccccc5c5c6ccccc6n(-c6ccccc6)c5c43)cc2)cc1. The first-order valence-electron chi connectivity index (χ1n) is 18.0. The zero-order valence-electron chi connectivity index (χ0n) is 28.4. The molecule has 1 saturated heterocycles. The van der Waals surface area contributed by atoms with Crippen LogP contribution in [0.15, 0.2) is 188 Å². The Morgan fingerprint density at radius 1 is 0.327 bits per heavy atom. The van der Waals surface area contributed by atoms with E-state index < -0.39 is 0 Å². The van der Waals surface area contributed by atoms with E-state index in [9.17, 15) is 0 Å². The molecule has 1 aliphatic rings. The Labute approximate surface area is 301 Å². The summed E-state index contributed by atoms with van der Waals surface area (Å²) in [6.07, 6.45) is 0.163. The van der Waals surface area contributed by atoms with Crippen LogP contribution in [0, 0.1) is 0 Å². The Balaban J connectivity index is 1.19. The molecule has 2 aromatic heterocycles. The number of hydrogen-bond acceptors (Lipinski definition) is 2. The predicted molar refractivity (Wildman–Crippen MR) is 217 cm³/mol. The standard InChI is InChI=1S/C48H34N4/c1-4-16-32(17-5-1)47-49-48(33-18-6-2-7-19-33)52(47)36-30-28-35(29-31-36)51-42-27-15-13-25-40(42)44-38-23-11-10-22-37(38)43-39-24-12-14-26-41(39)50(45(43)46(44)51)34-20-8-3-9-21-34/h1-31,47-49H. The maximum atomic E-state index is 3.84. The Hall–Kier alpha value is -6.62. The van der Waals surface area contributed by atoms with Gasteiger partial charge in [-0.2, -0.15) is 0 Å². The summed E-state index contributed by atoms with van der Waals surface area (Å²) in [5.41, 5.74) is 10.8. The van der Waals surface area contributed by atoms with Gasteiger partial charge in [-0.1, -0.05) is 140 Å². The molecule has 2 atom stereocenters. The summed E-state index contributed by atoms with van der Waals surface area (Å²) in [6.45, 7) is 0. The number of hydrogen-bond donors (Lipinski definition) is 1. The third-order valence-electron chi connectivity index (χ3n) is 11.0. The first kappa shape index (κ1) is 29.1. The van der Waals surface area contributed by atoms with E-state index in [0.717, 1.165) is 11.4 Å². The molecule has 2 unspecified atom stereocenters. The molecule has 4 heteroatoms. The van der Waals surface area contributed by atoms with Gasteiger partial charge in [-0.25, -0.2) is 0 Å². The topological polar surface area (TPSA) is 25.1 Å². The van der Waals surface area contributed by atoms with Gasteiger partial charge in [0.25, 0.3) is 0 Å². The molecule has 1 fully saturated rings. The van der Waals surface area contributed by atoms with Crippen molar-refractivity contribution in [1.82, 2.24) is 14.5 Å². The number of aromatic nitrogens is 2. The van der Waals surface area contributed by atoms with Crippen LogP contribution in [-0.2, 0) is 0 Å².